The molecule has 2 fully saturated rings. The van der Waals surface area contributed by atoms with Gasteiger partial charge in [-0.05, 0) is 23.6 Å². The van der Waals surface area contributed by atoms with Crippen LogP contribution >= 0.6 is 11.3 Å². The summed E-state index contributed by atoms with van der Waals surface area (Å²) in [6.45, 7) is 0.741. The third-order valence-corrected chi connectivity index (χ3v) is 5.48. The molecule has 8 nitrogen and oxygen atoms in total. The van der Waals surface area contributed by atoms with Crippen molar-refractivity contribution in [2.24, 2.45) is 0 Å². The predicted molar refractivity (Wildman–Crippen MR) is 98.7 cm³/mol. The molecule has 0 saturated carbocycles. The Labute approximate surface area is 158 Å². The summed E-state index contributed by atoms with van der Waals surface area (Å²) in [7, 11) is 0. The lowest BCUT2D eigenvalue weighted by Crippen LogP contribution is -2.54. The van der Waals surface area contributed by atoms with E-state index in [9.17, 15) is 19.2 Å². The van der Waals surface area contributed by atoms with Crippen LogP contribution in [0.5, 0.6) is 0 Å². The molecule has 2 aliphatic heterocycles. The van der Waals surface area contributed by atoms with Gasteiger partial charge < -0.3 is 15.1 Å². The van der Waals surface area contributed by atoms with E-state index >= 15 is 0 Å². The third-order valence-electron chi connectivity index (χ3n) is 4.61. The fraction of sp³-hybridized carbons (Fsp3) is 0.222. The van der Waals surface area contributed by atoms with Gasteiger partial charge in [-0.1, -0.05) is 18.2 Å². The highest BCUT2D eigenvalue weighted by molar-refractivity contribution is 7.12. The monoisotopic (exact) mass is 384 g/mol. The van der Waals surface area contributed by atoms with Crippen molar-refractivity contribution in [3.63, 3.8) is 0 Å². The number of amides is 5. The topological polar surface area (TPSA) is 98.8 Å². The zero-order valence-electron chi connectivity index (χ0n) is 14.2. The summed E-state index contributed by atoms with van der Waals surface area (Å²) in [5.74, 6) is -0.962. The number of thiophene rings is 1. The molecular formula is C18H16N4O4S. The van der Waals surface area contributed by atoms with Crippen molar-refractivity contribution in [2.45, 2.75) is 6.04 Å². The Bertz CT molecular complexity index is 927. The maximum atomic E-state index is 13.0. The number of fused-ring (bicyclic) bond motifs is 1. The maximum Gasteiger partial charge on any atom is 0.324 e. The molecule has 2 N–H and O–H groups in total. The fourth-order valence-electron chi connectivity index (χ4n) is 3.24. The molecular weight excluding hydrogens is 368 g/mol. The van der Waals surface area contributed by atoms with Crippen molar-refractivity contribution < 1.29 is 19.2 Å². The number of piperazine rings is 1. The third kappa shape index (κ3) is 3.17. The molecule has 1 aromatic carbocycles. The van der Waals surface area contributed by atoms with Crippen molar-refractivity contribution in [1.29, 1.82) is 0 Å². The van der Waals surface area contributed by atoms with Gasteiger partial charge in [0.2, 0.25) is 0 Å². The molecule has 0 unspecified atom stereocenters. The number of nitrogens with zero attached hydrogens (tertiary/aromatic N) is 2. The average Bonchev–Trinajstić information content (AvgIpc) is 3.30. The second kappa shape index (κ2) is 6.84. The van der Waals surface area contributed by atoms with Gasteiger partial charge in [0.25, 0.3) is 17.7 Å². The number of hydrogen-bond acceptors (Lipinski definition) is 5. The number of hydrogen-bond donors (Lipinski definition) is 2. The summed E-state index contributed by atoms with van der Waals surface area (Å²) < 4.78 is 0. The first-order valence-electron chi connectivity index (χ1n) is 8.39. The molecule has 2 saturated heterocycles. The van der Waals surface area contributed by atoms with E-state index in [2.05, 4.69) is 10.6 Å². The largest absolute Gasteiger partial charge is 0.334 e. The number of rotatable bonds is 3. The van der Waals surface area contributed by atoms with Crippen LogP contribution in [0.2, 0.25) is 0 Å². The van der Waals surface area contributed by atoms with Crippen LogP contribution in [-0.2, 0) is 4.79 Å². The molecule has 4 rings (SSSR count). The van der Waals surface area contributed by atoms with Crippen LogP contribution in [0.4, 0.5) is 10.5 Å². The van der Waals surface area contributed by atoms with Crippen LogP contribution in [0.25, 0.3) is 0 Å². The number of benzene rings is 1. The van der Waals surface area contributed by atoms with E-state index in [4.69, 9.17) is 0 Å². The van der Waals surface area contributed by atoms with Gasteiger partial charge in [0.15, 0.2) is 0 Å². The summed E-state index contributed by atoms with van der Waals surface area (Å²) in [6.07, 6.45) is 0. The molecule has 138 valence electrons. The van der Waals surface area contributed by atoms with E-state index in [0.29, 0.717) is 22.7 Å². The van der Waals surface area contributed by atoms with Crippen LogP contribution in [-0.4, -0.2) is 59.2 Å². The average molecular weight is 384 g/mol. The molecule has 2 aromatic rings. The smallest absolute Gasteiger partial charge is 0.324 e. The van der Waals surface area contributed by atoms with Crippen LogP contribution in [0.15, 0.2) is 41.8 Å². The number of carbonyl (C=O) groups is 4. The molecule has 1 aromatic heterocycles. The van der Waals surface area contributed by atoms with Gasteiger partial charge in [0.1, 0.15) is 6.04 Å². The Morgan fingerprint density at radius 1 is 1.11 bits per heavy atom. The summed E-state index contributed by atoms with van der Waals surface area (Å²) in [4.78, 5) is 52.5. The molecule has 3 heterocycles. The number of imide groups is 1. The molecule has 0 aliphatic carbocycles. The maximum absolute atomic E-state index is 13.0. The van der Waals surface area contributed by atoms with E-state index in [0.717, 1.165) is 0 Å². The van der Waals surface area contributed by atoms with Gasteiger partial charge in [0, 0.05) is 13.1 Å². The zero-order chi connectivity index (χ0) is 19.0. The number of carbonyl (C=O) groups excluding carboxylic acids is 4. The standard InChI is InChI=1S/C18H16N4O4S/c23-15-13-10-21(7-8-22(13)18(26)20-15)17(25)11-4-1-2-5-12(11)19-16(24)14-6-3-9-27-14/h1-6,9,13H,7-8,10H2,(H,19,24)(H,20,23,26)/t13-/m0/s1. The normalized spacial score (nSPS) is 18.9. The fourth-order valence-corrected chi connectivity index (χ4v) is 3.85. The SMILES string of the molecule is O=C(Nc1ccccc1C(=O)N1CCN2C(=O)NC(=O)[C@@H]2C1)c1cccs1. The Morgan fingerprint density at radius 3 is 2.70 bits per heavy atom. The number of nitrogens with one attached hydrogen (secondary N) is 2. The lowest BCUT2D eigenvalue weighted by Gasteiger charge is -2.35. The predicted octanol–water partition coefficient (Wildman–Crippen LogP) is 1.38. The highest BCUT2D eigenvalue weighted by Gasteiger charge is 2.43. The number of anilines is 1. The lowest BCUT2D eigenvalue weighted by atomic mass is 10.1. The Morgan fingerprint density at radius 2 is 1.93 bits per heavy atom. The second-order valence-corrected chi connectivity index (χ2v) is 7.18. The minimum Gasteiger partial charge on any atom is -0.334 e. The molecule has 2 aliphatic rings. The summed E-state index contributed by atoms with van der Waals surface area (Å²) >= 11 is 1.31. The minimum absolute atomic E-state index is 0.129. The van der Waals surface area contributed by atoms with Gasteiger partial charge in [-0.25, -0.2) is 4.79 Å². The molecule has 0 spiro atoms. The minimum atomic E-state index is -0.664. The highest BCUT2D eigenvalue weighted by atomic mass is 32.1. The Kier molecular flexibility index (Phi) is 4.36. The molecule has 27 heavy (non-hydrogen) atoms. The van der Waals surface area contributed by atoms with Crippen molar-refractivity contribution in [3.8, 4) is 0 Å². The molecule has 0 bridgehead atoms. The lowest BCUT2D eigenvalue weighted by molar-refractivity contribution is -0.122. The molecule has 5 amide bonds. The Hall–Kier alpha value is -3.20. The van der Waals surface area contributed by atoms with Crippen LogP contribution in [0.1, 0.15) is 20.0 Å². The molecule has 9 heteroatoms. The van der Waals surface area contributed by atoms with Gasteiger partial charge in [-0.2, -0.15) is 0 Å². The quantitative estimate of drug-likeness (QED) is 0.781. The van der Waals surface area contributed by atoms with Crippen LogP contribution in [0, 0.1) is 0 Å². The van der Waals surface area contributed by atoms with Gasteiger partial charge >= 0.3 is 6.03 Å². The van der Waals surface area contributed by atoms with Gasteiger partial charge in [0.05, 0.1) is 22.7 Å². The van der Waals surface area contributed by atoms with Crippen molar-refractivity contribution >= 4 is 40.8 Å². The summed E-state index contributed by atoms with van der Waals surface area (Å²) in [6, 6.07) is 9.17. The van der Waals surface area contributed by atoms with E-state index in [-0.39, 0.29) is 24.9 Å². The van der Waals surface area contributed by atoms with Gasteiger partial charge in [-0.15, -0.1) is 11.3 Å². The summed E-state index contributed by atoms with van der Waals surface area (Å²) in [5.41, 5.74) is 0.760. The van der Waals surface area contributed by atoms with E-state index < -0.39 is 18.0 Å². The first-order valence-corrected chi connectivity index (χ1v) is 9.27. The first-order chi connectivity index (χ1) is 13.0. The van der Waals surface area contributed by atoms with E-state index in [1.54, 1.807) is 41.8 Å². The molecule has 0 radical (unpaired) electrons. The Balaban J connectivity index is 1.53. The van der Waals surface area contributed by atoms with Crippen molar-refractivity contribution in [2.75, 3.05) is 25.0 Å². The van der Waals surface area contributed by atoms with Crippen LogP contribution < -0.4 is 10.6 Å². The zero-order valence-corrected chi connectivity index (χ0v) is 15.0. The second-order valence-electron chi connectivity index (χ2n) is 6.23. The number of para-hydroxylation sites is 1. The van der Waals surface area contributed by atoms with Gasteiger partial charge in [-0.3, -0.25) is 19.7 Å². The number of urea groups is 1. The molecule has 1 atom stereocenters. The first kappa shape index (κ1) is 17.2. The summed E-state index contributed by atoms with van der Waals surface area (Å²) in [5, 5.41) is 6.85. The van der Waals surface area contributed by atoms with Crippen molar-refractivity contribution in [1.82, 2.24) is 15.1 Å². The van der Waals surface area contributed by atoms with Crippen molar-refractivity contribution in [3.05, 3.63) is 52.2 Å². The van der Waals surface area contributed by atoms with E-state index in [1.807, 2.05) is 0 Å². The van der Waals surface area contributed by atoms with Crippen LogP contribution in [0.3, 0.4) is 0 Å². The highest BCUT2D eigenvalue weighted by Crippen LogP contribution is 2.22. The van der Waals surface area contributed by atoms with E-state index in [1.165, 1.54) is 21.1 Å².